The molecule has 3 aromatic carbocycles. The minimum absolute atomic E-state index is 0.170. The van der Waals surface area contributed by atoms with Gasteiger partial charge in [-0.1, -0.05) is 48.5 Å². The number of benzene rings is 3. The van der Waals surface area contributed by atoms with Gasteiger partial charge in [0.15, 0.2) is 0 Å². The lowest BCUT2D eigenvalue weighted by Gasteiger charge is -2.42. The Bertz CT molecular complexity index is 1320. The van der Waals surface area contributed by atoms with Gasteiger partial charge in [0, 0.05) is 38.8 Å². The van der Waals surface area contributed by atoms with E-state index in [4.69, 9.17) is 0 Å². The zero-order valence-corrected chi connectivity index (χ0v) is 20.3. The number of fused-ring (bicyclic) bond motifs is 2. The summed E-state index contributed by atoms with van der Waals surface area (Å²) in [5, 5.41) is 0. The van der Waals surface area contributed by atoms with E-state index in [-0.39, 0.29) is 24.2 Å². The summed E-state index contributed by atoms with van der Waals surface area (Å²) in [7, 11) is 0. The molecule has 6 heteroatoms. The van der Waals surface area contributed by atoms with Crippen LogP contribution in [0.25, 0.3) is 0 Å². The molecule has 1 unspecified atom stereocenters. The Balaban J connectivity index is 1.14. The Labute approximate surface area is 211 Å². The lowest BCUT2D eigenvalue weighted by molar-refractivity contribution is 0.0656. The average Bonchev–Trinajstić information content (AvgIpc) is 3.17. The van der Waals surface area contributed by atoms with Crippen molar-refractivity contribution in [1.29, 1.82) is 0 Å². The second kappa shape index (κ2) is 9.51. The van der Waals surface area contributed by atoms with Gasteiger partial charge in [-0.15, -0.1) is 0 Å². The predicted octanol–water partition coefficient (Wildman–Crippen LogP) is 4.34. The van der Waals surface area contributed by atoms with E-state index in [0.717, 1.165) is 44.7 Å². The molecule has 1 atom stereocenters. The van der Waals surface area contributed by atoms with Gasteiger partial charge < -0.3 is 4.90 Å². The summed E-state index contributed by atoms with van der Waals surface area (Å²) in [6.07, 6.45) is 3.71. The van der Waals surface area contributed by atoms with E-state index >= 15 is 0 Å². The predicted molar refractivity (Wildman–Crippen MR) is 138 cm³/mol. The summed E-state index contributed by atoms with van der Waals surface area (Å²) in [4.78, 5) is 32.6. The Hall–Kier alpha value is -3.51. The highest BCUT2D eigenvalue weighted by Gasteiger charge is 2.39. The van der Waals surface area contributed by atoms with E-state index in [1.54, 1.807) is 24.3 Å². The number of hydrogen-bond acceptors (Lipinski definition) is 4. The molecule has 0 aromatic heterocycles. The molecule has 184 valence electrons. The summed E-state index contributed by atoms with van der Waals surface area (Å²) in [6, 6.07) is 21.4. The fraction of sp³-hybridized carbons (Fsp3) is 0.333. The maximum atomic E-state index is 14.1. The maximum absolute atomic E-state index is 14.1. The van der Waals surface area contributed by atoms with Crippen LogP contribution >= 0.6 is 0 Å². The average molecular weight is 484 g/mol. The third-order valence-electron chi connectivity index (χ3n) is 8.03. The van der Waals surface area contributed by atoms with Gasteiger partial charge in [0.05, 0.1) is 16.8 Å². The molecule has 1 fully saturated rings. The van der Waals surface area contributed by atoms with Crippen molar-refractivity contribution in [3.63, 3.8) is 0 Å². The number of aryl methyl sites for hydroxylation is 1. The molecule has 5 nitrogen and oxygen atoms in total. The fourth-order valence-electron chi connectivity index (χ4n) is 6.03. The number of carbonyl (C=O) groups excluding carboxylic acids is 2. The zero-order valence-electron chi connectivity index (χ0n) is 20.3. The van der Waals surface area contributed by atoms with Crippen LogP contribution in [0.15, 0.2) is 66.7 Å². The molecule has 0 bridgehead atoms. The molecule has 0 radical (unpaired) electrons. The molecule has 2 aliphatic heterocycles. The van der Waals surface area contributed by atoms with E-state index in [1.165, 1.54) is 28.5 Å². The molecule has 2 heterocycles. The first-order chi connectivity index (χ1) is 17.6. The third kappa shape index (κ3) is 4.09. The number of piperazine rings is 1. The second-order valence-electron chi connectivity index (χ2n) is 9.99. The molecule has 0 spiro atoms. The van der Waals surface area contributed by atoms with Crippen LogP contribution in [0, 0.1) is 5.82 Å². The number of carbonyl (C=O) groups is 2. The number of rotatable bonds is 5. The topological polar surface area (TPSA) is 43.9 Å². The normalized spacial score (nSPS) is 20.0. The van der Waals surface area contributed by atoms with E-state index in [9.17, 15) is 14.0 Å². The molecular weight excluding hydrogens is 453 g/mol. The number of amides is 2. The number of nitrogens with zero attached hydrogens (tertiary/aromatic N) is 3. The van der Waals surface area contributed by atoms with E-state index in [1.807, 2.05) is 12.1 Å². The Morgan fingerprint density at radius 3 is 2.36 bits per heavy atom. The SMILES string of the molecule is O=C1c2cccc(N3CCN(C4CCc5ccccc5C4)CC3)c2C(=O)N1CCc1ccccc1F. The van der Waals surface area contributed by atoms with Crippen LogP contribution in [-0.4, -0.2) is 60.4 Å². The summed E-state index contributed by atoms with van der Waals surface area (Å²) < 4.78 is 14.1. The largest absolute Gasteiger partial charge is 0.368 e. The van der Waals surface area contributed by atoms with Crippen molar-refractivity contribution in [3.05, 3.63) is 100 Å². The van der Waals surface area contributed by atoms with E-state index < -0.39 is 0 Å². The van der Waals surface area contributed by atoms with Gasteiger partial charge in [0.1, 0.15) is 5.82 Å². The first-order valence-electron chi connectivity index (χ1n) is 12.9. The second-order valence-corrected chi connectivity index (χ2v) is 9.99. The minimum Gasteiger partial charge on any atom is -0.368 e. The molecule has 2 amide bonds. The van der Waals surface area contributed by atoms with Crippen molar-refractivity contribution < 1.29 is 14.0 Å². The van der Waals surface area contributed by atoms with Gasteiger partial charge in [-0.25, -0.2) is 4.39 Å². The van der Waals surface area contributed by atoms with Crippen molar-refractivity contribution in [2.45, 2.75) is 31.7 Å². The monoisotopic (exact) mass is 483 g/mol. The Kier molecular flexibility index (Phi) is 6.05. The first kappa shape index (κ1) is 22.9. The van der Waals surface area contributed by atoms with Gasteiger partial charge in [-0.05, 0) is 60.6 Å². The first-order valence-corrected chi connectivity index (χ1v) is 12.9. The molecule has 0 N–H and O–H groups in total. The van der Waals surface area contributed by atoms with E-state index in [2.05, 4.69) is 34.1 Å². The van der Waals surface area contributed by atoms with Crippen molar-refractivity contribution in [2.24, 2.45) is 0 Å². The van der Waals surface area contributed by atoms with Gasteiger partial charge in [0.2, 0.25) is 0 Å². The van der Waals surface area contributed by atoms with Gasteiger partial charge in [-0.3, -0.25) is 19.4 Å². The fourth-order valence-corrected chi connectivity index (χ4v) is 6.03. The Morgan fingerprint density at radius 1 is 0.806 bits per heavy atom. The van der Waals surface area contributed by atoms with Crippen LogP contribution in [0.5, 0.6) is 0 Å². The highest BCUT2D eigenvalue weighted by atomic mass is 19.1. The molecule has 36 heavy (non-hydrogen) atoms. The maximum Gasteiger partial charge on any atom is 0.263 e. The molecule has 1 aliphatic carbocycles. The van der Waals surface area contributed by atoms with Gasteiger partial charge in [0.25, 0.3) is 11.8 Å². The molecule has 0 saturated carbocycles. The van der Waals surface area contributed by atoms with Crippen LogP contribution in [-0.2, 0) is 19.3 Å². The number of anilines is 1. The lowest BCUT2D eigenvalue weighted by Crippen LogP contribution is -2.52. The molecule has 3 aliphatic rings. The lowest BCUT2D eigenvalue weighted by atomic mass is 9.87. The van der Waals surface area contributed by atoms with Crippen LogP contribution in [0.1, 0.15) is 43.8 Å². The molecule has 6 rings (SSSR count). The van der Waals surface area contributed by atoms with Crippen LogP contribution in [0.2, 0.25) is 0 Å². The molecule has 3 aromatic rings. The van der Waals surface area contributed by atoms with Crippen molar-refractivity contribution in [1.82, 2.24) is 9.80 Å². The van der Waals surface area contributed by atoms with Crippen molar-refractivity contribution in [2.75, 3.05) is 37.6 Å². The Morgan fingerprint density at radius 2 is 1.56 bits per heavy atom. The number of halogens is 1. The summed E-state index contributed by atoms with van der Waals surface area (Å²) >= 11 is 0. The van der Waals surface area contributed by atoms with Crippen LogP contribution < -0.4 is 4.90 Å². The number of imide groups is 1. The van der Waals surface area contributed by atoms with Gasteiger partial charge in [-0.2, -0.15) is 0 Å². The quantitative estimate of drug-likeness (QED) is 0.507. The summed E-state index contributed by atoms with van der Waals surface area (Å²) in [6.45, 7) is 3.70. The van der Waals surface area contributed by atoms with Crippen LogP contribution in [0.3, 0.4) is 0 Å². The van der Waals surface area contributed by atoms with Crippen molar-refractivity contribution in [3.8, 4) is 0 Å². The zero-order chi connectivity index (χ0) is 24.6. The molecular formula is C30H30FN3O2. The molecule has 1 saturated heterocycles. The minimum atomic E-state index is -0.311. The number of hydrogen-bond donors (Lipinski definition) is 0. The highest BCUT2D eigenvalue weighted by molar-refractivity contribution is 6.23. The standard InChI is InChI=1S/C30H30FN3O2/c31-26-10-4-3-7-22(26)14-15-34-29(35)25-9-5-11-27(28(25)30(34)36)33-18-16-32(17-19-33)24-13-12-21-6-1-2-8-23(21)20-24/h1-11,24H,12-20H2. The highest BCUT2D eigenvalue weighted by Crippen LogP contribution is 2.33. The van der Waals surface area contributed by atoms with Gasteiger partial charge >= 0.3 is 0 Å². The third-order valence-corrected chi connectivity index (χ3v) is 8.03. The smallest absolute Gasteiger partial charge is 0.263 e. The van der Waals surface area contributed by atoms with E-state index in [0.29, 0.717) is 29.2 Å². The summed E-state index contributed by atoms with van der Waals surface area (Å²) in [5.74, 6) is -0.866. The summed E-state index contributed by atoms with van der Waals surface area (Å²) in [5.41, 5.74) is 5.25. The van der Waals surface area contributed by atoms with Crippen molar-refractivity contribution >= 4 is 17.5 Å². The van der Waals surface area contributed by atoms with Crippen LogP contribution in [0.4, 0.5) is 10.1 Å².